The minimum Gasteiger partial charge on any atom is -0.245 e. The molecular formula is C27H29ClN2. The van der Waals surface area contributed by atoms with E-state index >= 15 is 0 Å². The number of fused-ring (bicyclic) bond motifs is 3. The first-order valence-electron chi connectivity index (χ1n) is 10.8. The van der Waals surface area contributed by atoms with Gasteiger partial charge in [-0.2, -0.15) is 0 Å². The summed E-state index contributed by atoms with van der Waals surface area (Å²) in [5.41, 5.74) is 8.17. The van der Waals surface area contributed by atoms with Crippen LogP contribution in [0.5, 0.6) is 0 Å². The fourth-order valence-electron chi connectivity index (χ4n) is 4.13. The summed E-state index contributed by atoms with van der Waals surface area (Å²) in [6, 6.07) is 17.1. The number of pyridine rings is 2. The SMILES string of the molecule is CC(C)c1cc(C(C)C)c(-c2ccc3ccc4ccc(Cl)nc4c3n2)c(C(C)C)c1. The molecule has 0 saturated carbocycles. The third kappa shape index (κ3) is 3.70. The van der Waals surface area contributed by atoms with Gasteiger partial charge in [-0.25, -0.2) is 9.97 Å². The van der Waals surface area contributed by atoms with Crippen molar-refractivity contribution in [3.63, 3.8) is 0 Å². The van der Waals surface area contributed by atoms with Gasteiger partial charge in [0.15, 0.2) is 0 Å². The van der Waals surface area contributed by atoms with Crippen molar-refractivity contribution < 1.29 is 0 Å². The minimum absolute atomic E-state index is 0.411. The standard InChI is InChI=1S/C27H29ClN2/c1-15(2)20-13-21(16(3)4)25(22(14-20)17(5)6)23-11-9-18-7-8-19-10-12-24(28)30-27(19)26(18)29-23/h7-17H,1-6H3. The number of aromatic nitrogens is 2. The molecule has 2 aromatic heterocycles. The molecule has 0 spiro atoms. The van der Waals surface area contributed by atoms with E-state index in [1.54, 1.807) is 0 Å². The molecule has 154 valence electrons. The maximum absolute atomic E-state index is 6.22. The second-order valence-electron chi connectivity index (χ2n) is 9.08. The lowest BCUT2D eigenvalue weighted by atomic mass is 9.83. The van der Waals surface area contributed by atoms with Crippen LogP contribution >= 0.6 is 11.6 Å². The van der Waals surface area contributed by atoms with E-state index < -0.39 is 0 Å². The molecule has 2 nitrogen and oxygen atoms in total. The highest BCUT2D eigenvalue weighted by Gasteiger charge is 2.20. The Morgan fingerprint density at radius 2 is 1.13 bits per heavy atom. The monoisotopic (exact) mass is 416 g/mol. The lowest BCUT2D eigenvalue weighted by Crippen LogP contribution is -2.04. The van der Waals surface area contributed by atoms with Gasteiger partial charge in [0.05, 0.1) is 16.7 Å². The van der Waals surface area contributed by atoms with Crippen molar-refractivity contribution in [1.82, 2.24) is 9.97 Å². The maximum atomic E-state index is 6.22. The third-order valence-corrected chi connectivity index (χ3v) is 6.08. The molecule has 2 aromatic carbocycles. The van der Waals surface area contributed by atoms with E-state index in [0.717, 1.165) is 27.5 Å². The molecule has 0 aliphatic heterocycles. The van der Waals surface area contributed by atoms with Crippen molar-refractivity contribution in [2.24, 2.45) is 0 Å². The lowest BCUT2D eigenvalue weighted by molar-refractivity contribution is 0.806. The average Bonchev–Trinajstić information content (AvgIpc) is 2.72. The van der Waals surface area contributed by atoms with Crippen molar-refractivity contribution in [2.45, 2.75) is 59.3 Å². The largest absolute Gasteiger partial charge is 0.245 e. The van der Waals surface area contributed by atoms with Crippen LogP contribution in [-0.2, 0) is 0 Å². The van der Waals surface area contributed by atoms with Gasteiger partial charge in [0.2, 0.25) is 0 Å². The van der Waals surface area contributed by atoms with Crippen molar-refractivity contribution in [3.8, 4) is 11.3 Å². The second kappa shape index (κ2) is 8.00. The smallest absolute Gasteiger partial charge is 0.129 e. The Morgan fingerprint density at radius 1 is 0.633 bits per heavy atom. The molecule has 0 N–H and O–H groups in total. The fourth-order valence-corrected chi connectivity index (χ4v) is 4.28. The van der Waals surface area contributed by atoms with Gasteiger partial charge in [-0.1, -0.05) is 83.5 Å². The van der Waals surface area contributed by atoms with E-state index in [0.29, 0.717) is 22.9 Å². The van der Waals surface area contributed by atoms with Gasteiger partial charge in [0.25, 0.3) is 0 Å². The molecule has 0 atom stereocenters. The number of benzene rings is 2. The Bertz CT molecular complexity index is 1210. The number of halogens is 1. The van der Waals surface area contributed by atoms with Crippen molar-refractivity contribution in [2.75, 3.05) is 0 Å². The van der Waals surface area contributed by atoms with Crippen molar-refractivity contribution in [3.05, 3.63) is 70.4 Å². The lowest BCUT2D eigenvalue weighted by Gasteiger charge is -2.23. The summed E-state index contributed by atoms with van der Waals surface area (Å²) < 4.78 is 0. The molecule has 0 aliphatic rings. The van der Waals surface area contributed by atoms with Crippen LogP contribution in [0.1, 0.15) is 76.0 Å². The van der Waals surface area contributed by atoms with Crippen LogP contribution in [0.25, 0.3) is 33.1 Å². The van der Waals surface area contributed by atoms with E-state index in [9.17, 15) is 0 Å². The van der Waals surface area contributed by atoms with Crippen LogP contribution in [0.3, 0.4) is 0 Å². The van der Waals surface area contributed by atoms with E-state index in [2.05, 4.69) is 82.9 Å². The highest BCUT2D eigenvalue weighted by atomic mass is 35.5. The quantitative estimate of drug-likeness (QED) is 0.246. The van der Waals surface area contributed by atoms with Crippen LogP contribution in [0, 0.1) is 0 Å². The second-order valence-corrected chi connectivity index (χ2v) is 9.47. The minimum atomic E-state index is 0.411. The average molecular weight is 417 g/mol. The summed E-state index contributed by atoms with van der Waals surface area (Å²) in [5, 5.41) is 2.63. The number of hydrogen-bond acceptors (Lipinski definition) is 2. The Balaban J connectivity index is 2.06. The van der Waals surface area contributed by atoms with Crippen LogP contribution in [-0.4, -0.2) is 9.97 Å². The molecule has 0 bridgehead atoms. The number of hydrogen-bond donors (Lipinski definition) is 0. The zero-order valence-corrected chi connectivity index (χ0v) is 19.4. The number of rotatable bonds is 4. The Hall–Kier alpha value is -2.45. The molecule has 3 heteroatoms. The third-order valence-electron chi connectivity index (χ3n) is 5.87. The van der Waals surface area contributed by atoms with Crippen molar-refractivity contribution in [1.29, 1.82) is 0 Å². The molecule has 4 aromatic rings. The predicted octanol–water partition coefficient (Wildman–Crippen LogP) is 8.47. The Labute approximate surface area is 184 Å². The van der Waals surface area contributed by atoms with Crippen molar-refractivity contribution >= 4 is 33.4 Å². The zero-order chi connectivity index (χ0) is 21.6. The Morgan fingerprint density at radius 3 is 1.67 bits per heavy atom. The summed E-state index contributed by atoms with van der Waals surface area (Å²) in [6.07, 6.45) is 0. The summed E-state index contributed by atoms with van der Waals surface area (Å²) in [4.78, 5) is 9.75. The number of nitrogens with zero attached hydrogens (tertiary/aromatic N) is 2. The summed E-state index contributed by atoms with van der Waals surface area (Å²) in [5.74, 6) is 1.32. The first-order valence-corrected chi connectivity index (χ1v) is 11.2. The van der Waals surface area contributed by atoms with Crippen LogP contribution in [0.4, 0.5) is 0 Å². The first-order chi connectivity index (χ1) is 14.3. The maximum Gasteiger partial charge on any atom is 0.129 e. The highest BCUT2D eigenvalue weighted by Crippen LogP contribution is 2.39. The van der Waals surface area contributed by atoms with E-state index in [1.807, 2.05) is 12.1 Å². The van der Waals surface area contributed by atoms with Crippen LogP contribution in [0.2, 0.25) is 5.15 Å². The van der Waals surface area contributed by atoms with Crippen LogP contribution in [0.15, 0.2) is 48.5 Å². The van der Waals surface area contributed by atoms with Gasteiger partial charge in [-0.05, 0) is 52.6 Å². The predicted molar refractivity (Wildman–Crippen MR) is 130 cm³/mol. The molecular weight excluding hydrogens is 388 g/mol. The molecule has 30 heavy (non-hydrogen) atoms. The molecule has 2 heterocycles. The zero-order valence-electron chi connectivity index (χ0n) is 18.6. The molecule has 0 saturated heterocycles. The van der Waals surface area contributed by atoms with E-state index in [-0.39, 0.29) is 0 Å². The Kier molecular flexibility index (Phi) is 5.55. The van der Waals surface area contributed by atoms with E-state index in [4.69, 9.17) is 16.6 Å². The molecule has 0 radical (unpaired) electrons. The summed E-state index contributed by atoms with van der Waals surface area (Å²) >= 11 is 6.22. The molecule has 4 rings (SSSR count). The fraction of sp³-hybridized carbons (Fsp3) is 0.333. The van der Waals surface area contributed by atoms with E-state index in [1.165, 1.54) is 22.3 Å². The molecule has 0 unspecified atom stereocenters. The molecule has 0 amide bonds. The normalized spacial score (nSPS) is 12.1. The summed E-state index contributed by atoms with van der Waals surface area (Å²) in [7, 11) is 0. The summed E-state index contributed by atoms with van der Waals surface area (Å²) in [6.45, 7) is 13.6. The van der Waals surface area contributed by atoms with Crippen LogP contribution < -0.4 is 0 Å². The topological polar surface area (TPSA) is 25.8 Å². The molecule has 0 aliphatic carbocycles. The molecule has 0 fully saturated rings. The van der Waals surface area contributed by atoms with Gasteiger partial charge in [0, 0.05) is 16.3 Å². The van der Waals surface area contributed by atoms with Gasteiger partial charge in [-0.15, -0.1) is 0 Å². The highest BCUT2D eigenvalue weighted by molar-refractivity contribution is 6.30. The van der Waals surface area contributed by atoms with Gasteiger partial charge < -0.3 is 0 Å². The van der Waals surface area contributed by atoms with Gasteiger partial charge >= 0.3 is 0 Å². The van der Waals surface area contributed by atoms with Gasteiger partial charge in [0.1, 0.15) is 5.15 Å². The van der Waals surface area contributed by atoms with Gasteiger partial charge in [-0.3, -0.25) is 0 Å². The first kappa shape index (κ1) is 20.8.